The molecule has 1 atom stereocenters. The van der Waals surface area contributed by atoms with Gasteiger partial charge in [-0.3, -0.25) is 4.79 Å². The second kappa shape index (κ2) is 9.73. The summed E-state index contributed by atoms with van der Waals surface area (Å²) in [5.74, 6) is 0.814. The molecule has 2 N–H and O–H groups in total. The Hall–Kier alpha value is -2.33. The highest BCUT2D eigenvalue weighted by Crippen LogP contribution is 2.29. The van der Waals surface area contributed by atoms with Gasteiger partial charge in [0.2, 0.25) is 5.91 Å². The minimum Gasteiger partial charge on any atom is -0.492 e. The number of hydrogen-bond acceptors (Lipinski definition) is 3. The first kappa shape index (κ1) is 18.0. The molecule has 0 radical (unpaired) electrons. The summed E-state index contributed by atoms with van der Waals surface area (Å²) >= 11 is 0. The van der Waals surface area contributed by atoms with Gasteiger partial charge in [0.05, 0.1) is 13.0 Å². The fourth-order valence-corrected chi connectivity index (χ4v) is 2.48. The lowest BCUT2D eigenvalue weighted by molar-refractivity contribution is -0.121. The lowest BCUT2D eigenvalue weighted by Crippen LogP contribution is -2.39. The van der Waals surface area contributed by atoms with Crippen LogP contribution in [0.3, 0.4) is 0 Å². The molecule has 4 nitrogen and oxygen atoms in total. The van der Waals surface area contributed by atoms with Crippen molar-refractivity contribution in [2.45, 2.75) is 26.3 Å². The van der Waals surface area contributed by atoms with Crippen molar-refractivity contribution in [2.24, 2.45) is 0 Å². The molecule has 0 bridgehead atoms. The van der Waals surface area contributed by atoms with Crippen molar-refractivity contribution < 1.29 is 9.53 Å². The molecule has 2 aromatic rings. The van der Waals surface area contributed by atoms with Crippen LogP contribution >= 0.6 is 0 Å². The maximum Gasteiger partial charge on any atom is 0.223 e. The third kappa shape index (κ3) is 5.70. The first-order chi connectivity index (χ1) is 11.7. The molecule has 0 aliphatic heterocycles. The number of ether oxygens (including phenoxy) is 1. The third-order valence-corrected chi connectivity index (χ3v) is 3.72. The predicted molar refractivity (Wildman–Crippen MR) is 98.1 cm³/mol. The zero-order valence-corrected chi connectivity index (χ0v) is 14.4. The first-order valence-corrected chi connectivity index (χ1v) is 8.48. The fourth-order valence-electron chi connectivity index (χ4n) is 2.48. The zero-order valence-electron chi connectivity index (χ0n) is 14.4. The van der Waals surface area contributed by atoms with Crippen molar-refractivity contribution >= 4 is 5.91 Å². The number of carbonyl (C=O) groups is 1. The molecule has 0 spiro atoms. The Morgan fingerprint density at radius 2 is 1.79 bits per heavy atom. The van der Waals surface area contributed by atoms with Crippen LogP contribution in [0.4, 0.5) is 0 Å². The molecular weight excluding hydrogens is 300 g/mol. The highest BCUT2D eigenvalue weighted by molar-refractivity contribution is 5.76. The summed E-state index contributed by atoms with van der Waals surface area (Å²) in [4.78, 5) is 11.9. The molecule has 0 aliphatic rings. The van der Waals surface area contributed by atoms with Crippen LogP contribution in [0.1, 0.15) is 20.3 Å². The van der Waals surface area contributed by atoms with Gasteiger partial charge >= 0.3 is 0 Å². The van der Waals surface area contributed by atoms with Crippen LogP contribution in [0.15, 0.2) is 54.6 Å². The topological polar surface area (TPSA) is 50.4 Å². The maximum atomic E-state index is 11.9. The van der Waals surface area contributed by atoms with Crippen molar-refractivity contribution in [3.8, 4) is 16.9 Å². The maximum absolute atomic E-state index is 11.9. The quantitative estimate of drug-likeness (QED) is 0.744. The van der Waals surface area contributed by atoms with E-state index in [4.69, 9.17) is 4.74 Å². The molecule has 0 aromatic heterocycles. The number of likely N-dealkylation sites (N-methyl/N-ethyl adjacent to an activating group) is 1. The molecule has 0 heterocycles. The number of rotatable bonds is 9. The molecule has 128 valence electrons. The molecule has 0 unspecified atom stereocenters. The Morgan fingerprint density at radius 3 is 2.54 bits per heavy atom. The summed E-state index contributed by atoms with van der Waals surface area (Å²) < 4.78 is 5.84. The largest absolute Gasteiger partial charge is 0.492 e. The summed E-state index contributed by atoms with van der Waals surface area (Å²) in [6.45, 7) is 6.00. The summed E-state index contributed by atoms with van der Waals surface area (Å²) in [6, 6.07) is 18.3. The number of para-hydroxylation sites is 1. The van der Waals surface area contributed by atoms with Gasteiger partial charge in [-0.25, -0.2) is 0 Å². The standard InChI is InChI=1S/C20H26N2O2/c1-3-21-16(2)15-22-20(23)13-14-24-19-12-8-7-11-18(19)17-9-5-4-6-10-17/h4-12,16,21H,3,13-15H2,1-2H3,(H,22,23)/t16-/m1/s1. The van der Waals surface area contributed by atoms with Gasteiger partial charge in [0.1, 0.15) is 5.75 Å². The predicted octanol–water partition coefficient (Wildman–Crippen LogP) is 3.24. The van der Waals surface area contributed by atoms with E-state index in [1.54, 1.807) is 0 Å². The van der Waals surface area contributed by atoms with Gasteiger partial charge in [0.25, 0.3) is 0 Å². The third-order valence-electron chi connectivity index (χ3n) is 3.72. The van der Waals surface area contributed by atoms with E-state index in [2.05, 4.69) is 36.6 Å². The summed E-state index contributed by atoms with van der Waals surface area (Å²) in [7, 11) is 0. The van der Waals surface area contributed by atoms with E-state index in [1.165, 1.54) is 0 Å². The van der Waals surface area contributed by atoms with Crippen molar-refractivity contribution in [3.05, 3.63) is 54.6 Å². The molecular formula is C20H26N2O2. The fraction of sp³-hybridized carbons (Fsp3) is 0.350. The SMILES string of the molecule is CCN[C@H](C)CNC(=O)CCOc1ccccc1-c1ccccc1. The normalized spacial score (nSPS) is 11.8. The molecule has 1 amide bonds. The van der Waals surface area contributed by atoms with Crippen molar-refractivity contribution in [3.63, 3.8) is 0 Å². The van der Waals surface area contributed by atoms with Crippen LogP contribution in [-0.4, -0.2) is 31.6 Å². The van der Waals surface area contributed by atoms with Crippen LogP contribution < -0.4 is 15.4 Å². The number of amides is 1. The van der Waals surface area contributed by atoms with Gasteiger partial charge in [-0.15, -0.1) is 0 Å². The van der Waals surface area contributed by atoms with Crippen LogP contribution in [-0.2, 0) is 4.79 Å². The molecule has 4 heteroatoms. The monoisotopic (exact) mass is 326 g/mol. The van der Waals surface area contributed by atoms with Crippen molar-refractivity contribution in [1.29, 1.82) is 0 Å². The van der Waals surface area contributed by atoms with Crippen LogP contribution in [0.5, 0.6) is 5.75 Å². The van der Waals surface area contributed by atoms with Crippen LogP contribution in [0.25, 0.3) is 11.1 Å². The molecule has 0 saturated carbocycles. The van der Waals surface area contributed by atoms with Gasteiger partial charge in [-0.1, -0.05) is 55.5 Å². The highest BCUT2D eigenvalue weighted by atomic mass is 16.5. The molecule has 24 heavy (non-hydrogen) atoms. The summed E-state index contributed by atoms with van der Waals surface area (Å²) in [6.07, 6.45) is 0.349. The van der Waals surface area contributed by atoms with Crippen LogP contribution in [0, 0.1) is 0 Å². The highest BCUT2D eigenvalue weighted by Gasteiger charge is 2.08. The molecule has 0 aliphatic carbocycles. The zero-order chi connectivity index (χ0) is 17.2. The molecule has 2 aromatic carbocycles. The first-order valence-electron chi connectivity index (χ1n) is 8.48. The average molecular weight is 326 g/mol. The minimum absolute atomic E-state index is 0.0111. The average Bonchev–Trinajstić information content (AvgIpc) is 2.61. The van der Waals surface area contributed by atoms with E-state index >= 15 is 0 Å². The molecule has 0 fully saturated rings. The van der Waals surface area contributed by atoms with Crippen LogP contribution in [0.2, 0.25) is 0 Å². The van der Waals surface area contributed by atoms with E-state index < -0.39 is 0 Å². The van der Waals surface area contributed by atoms with Gasteiger partial charge < -0.3 is 15.4 Å². The van der Waals surface area contributed by atoms with E-state index in [0.29, 0.717) is 19.6 Å². The molecule has 0 saturated heterocycles. The van der Waals surface area contributed by atoms with E-state index in [9.17, 15) is 4.79 Å². The second-order valence-corrected chi connectivity index (χ2v) is 5.72. The van der Waals surface area contributed by atoms with E-state index in [1.807, 2.05) is 42.5 Å². The summed E-state index contributed by atoms with van der Waals surface area (Å²) in [5.41, 5.74) is 2.15. The van der Waals surface area contributed by atoms with Crippen molar-refractivity contribution in [2.75, 3.05) is 19.7 Å². The lowest BCUT2D eigenvalue weighted by atomic mass is 10.1. The van der Waals surface area contributed by atoms with Gasteiger partial charge in [0, 0.05) is 18.2 Å². The van der Waals surface area contributed by atoms with E-state index in [0.717, 1.165) is 23.4 Å². The Labute approximate surface area is 144 Å². The van der Waals surface area contributed by atoms with E-state index in [-0.39, 0.29) is 11.9 Å². The number of benzene rings is 2. The van der Waals surface area contributed by atoms with Crippen molar-refractivity contribution in [1.82, 2.24) is 10.6 Å². The van der Waals surface area contributed by atoms with Gasteiger partial charge in [0.15, 0.2) is 0 Å². The van der Waals surface area contributed by atoms with Gasteiger partial charge in [-0.05, 0) is 25.1 Å². The number of hydrogen-bond donors (Lipinski definition) is 2. The number of nitrogens with one attached hydrogen (secondary N) is 2. The second-order valence-electron chi connectivity index (χ2n) is 5.72. The Bertz CT molecular complexity index is 629. The van der Waals surface area contributed by atoms with Gasteiger partial charge in [-0.2, -0.15) is 0 Å². The Balaban J connectivity index is 1.84. The minimum atomic E-state index is 0.0111. The Morgan fingerprint density at radius 1 is 1.08 bits per heavy atom. The number of carbonyl (C=O) groups excluding carboxylic acids is 1. The summed E-state index contributed by atoms with van der Waals surface area (Å²) in [5, 5.41) is 6.18. The molecule has 2 rings (SSSR count). The lowest BCUT2D eigenvalue weighted by Gasteiger charge is -2.14. The smallest absolute Gasteiger partial charge is 0.223 e. The Kier molecular flexibility index (Phi) is 7.30.